The number of nitrogens with zero attached hydrogens (tertiary/aromatic N) is 2. The average molecular weight is 302 g/mol. The smallest absolute Gasteiger partial charge is 0.251 e. The average Bonchev–Trinajstić information content (AvgIpc) is 3.04. The Labute approximate surface area is 130 Å². The summed E-state index contributed by atoms with van der Waals surface area (Å²) < 4.78 is 6.78. The molecule has 0 bridgehead atoms. The highest BCUT2D eigenvalue weighted by Crippen LogP contribution is 2.06. The normalized spacial score (nSPS) is 10.6. The first-order chi connectivity index (χ1) is 10.8. The van der Waals surface area contributed by atoms with Crippen molar-refractivity contribution < 1.29 is 9.53 Å². The molecule has 0 saturated heterocycles. The molecule has 6 nitrogen and oxygen atoms in total. The third-order valence-corrected chi connectivity index (χ3v) is 3.19. The van der Waals surface area contributed by atoms with Crippen LogP contribution in [0.5, 0.6) is 0 Å². The number of benzene rings is 1. The standard InChI is InChI=1S/C16H22N4O2/c1-22-12-10-17-8-9-18-16(21)15-5-3-14(4-6-15)13-20-11-2-7-19-20/h2-7,11,17H,8-10,12-13H2,1H3,(H,18,21). The number of amides is 1. The lowest BCUT2D eigenvalue weighted by atomic mass is 10.1. The fourth-order valence-electron chi connectivity index (χ4n) is 2.01. The van der Waals surface area contributed by atoms with Crippen LogP contribution in [-0.4, -0.2) is 49.0 Å². The number of carbonyl (C=O) groups is 1. The van der Waals surface area contributed by atoms with Gasteiger partial charge in [0.05, 0.1) is 13.2 Å². The monoisotopic (exact) mass is 302 g/mol. The minimum atomic E-state index is -0.0563. The number of carbonyl (C=O) groups excluding carboxylic acids is 1. The van der Waals surface area contributed by atoms with Gasteiger partial charge in [0.15, 0.2) is 0 Å². The summed E-state index contributed by atoms with van der Waals surface area (Å²) in [6, 6.07) is 9.47. The molecular weight excluding hydrogens is 280 g/mol. The zero-order valence-electron chi connectivity index (χ0n) is 12.8. The van der Waals surface area contributed by atoms with E-state index in [2.05, 4.69) is 15.7 Å². The van der Waals surface area contributed by atoms with Crippen LogP contribution in [0.2, 0.25) is 0 Å². The van der Waals surface area contributed by atoms with Crippen LogP contribution in [0.3, 0.4) is 0 Å². The predicted molar refractivity (Wildman–Crippen MR) is 84.8 cm³/mol. The van der Waals surface area contributed by atoms with Gasteiger partial charge in [-0.1, -0.05) is 12.1 Å². The van der Waals surface area contributed by atoms with Crippen LogP contribution >= 0.6 is 0 Å². The summed E-state index contributed by atoms with van der Waals surface area (Å²) in [5, 5.41) is 10.2. The Balaban J connectivity index is 1.73. The second kappa shape index (κ2) is 8.96. The molecule has 1 amide bonds. The maximum absolute atomic E-state index is 12.0. The minimum absolute atomic E-state index is 0.0563. The second-order valence-electron chi connectivity index (χ2n) is 4.90. The first kappa shape index (κ1) is 16.2. The second-order valence-corrected chi connectivity index (χ2v) is 4.90. The molecule has 1 aromatic carbocycles. The molecule has 0 aliphatic rings. The first-order valence-electron chi connectivity index (χ1n) is 7.34. The van der Waals surface area contributed by atoms with Gasteiger partial charge < -0.3 is 15.4 Å². The molecule has 2 N–H and O–H groups in total. The van der Waals surface area contributed by atoms with Gasteiger partial charge in [-0.25, -0.2) is 0 Å². The summed E-state index contributed by atoms with van der Waals surface area (Å²) >= 11 is 0. The molecule has 0 aliphatic carbocycles. The van der Waals surface area contributed by atoms with Gasteiger partial charge in [-0.15, -0.1) is 0 Å². The van der Waals surface area contributed by atoms with E-state index >= 15 is 0 Å². The van der Waals surface area contributed by atoms with Gasteiger partial charge in [0, 0.05) is 44.7 Å². The van der Waals surface area contributed by atoms with E-state index in [4.69, 9.17) is 4.74 Å². The summed E-state index contributed by atoms with van der Waals surface area (Å²) in [6.07, 6.45) is 3.67. The highest BCUT2D eigenvalue weighted by molar-refractivity contribution is 5.94. The molecule has 0 unspecified atom stereocenters. The van der Waals surface area contributed by atoms with E-state index in [-0.39, 0.29) is 5.91 Å². The Hall–Kier alpha value is -2.18. The highest BCUT2D eigenvalue weighted by Gasteiger charge is 2.04. The van der Waals surface area contributed by atoms with Gasteiger partial charge in [-0.05, 0) is 23.8 Å². The van der Waals surface area contributed by atoms with Crippen LogP contribution in [0.1, 0.15) is 15.9 Å². The van der Waals surface area contributed by atoms with Gasteiger partial charge in [-0.2, -0.15) is 5.10 Å². The van der Waals surface area contributed by atoms with Gasteiger partial charge in [0.1, 0.15) is 0 Å². The zero-order chi connectivity index (χ0) is 15.6. The van der Waals surface area contributed by atoms with E-state index in [1.165, 1.54) is 0 Å². The number of hydrogen-bond donors (Lipinski definition) is 2. The third-order valence-electron chi connectivity index (χ3n) is 3.19. The summed E-state index contributed by atoms with van der Waals surface area (Å²) in [5.41, 5.74) is 1.78. The lowest BCUT2D eigenvalue weighted by Crippen LogP contribution is -2.33. The Morgan fingerprint density at radius 3 is 2.73 bits per heavy atom. The summed E-state index contributed by atoms with van der Waals surface area (Å²) in [6.45, 7) is 3.49. The largest absolute Gasteiger partial charge is 0.383 e. The minimum Gasteiger partial charge on any atom is -0.383 e. The summed E-state index contributed by atoms with van der Waals surface area (Å²) in [5.74, 6) is -0.0563. The molecule has 0 aliphatic heterocycles. The van der Waals surface area contributed by atoms with Crippen molar-refractivity contribution in [2.75, 3.05) is 33.4 Å². The zero-order valence-corrected chi connectivity index (χ0v) is 12.8. The predicted octanol–water partition coefficient (Wildman–Crippen LogP) is 0.897. The van der Waals surface area contributed by atoms with Gasteiger partial charge in [0.2, 0.25) is 0 Å². The lowest BCUT2D eigenvalue weighted by molar-refractivity contribution is 0.0953. The molecule has 2 aromatic rings. The van der Waals surface area contributed by atoms with Crippen molar-refractivity contribution in [3.05, 3.63) is 53.9 Å². The molecule has 1 heterocycles. The van der Waals surface area contributed by atoms with E-state index in [0.29, 0.717) is 25.3 Å². The van der Waals surface area contributed by atoms with Crippen molar-refractivity contribution in [1.82, 2.24) is 20.4 Å². The van der Waals surface area contributed by atoms with E-state index in [0.717, 1.165) is 18.7 Å². The van der Waals surface area contributed by atoms with Crippen molar-refractivity contribution >= 4 is 5.91 Å². The van der Waals surface area contributed by atoms with E-state index in [9.17, 15) is 4.79 Å². The van der Waals surface area contributed by atoms with Crippen LogP contribution in [0.25, 0.3) is 0 Å². The van der Waals surface area contributed by atoms with Crippen molar-refractivity contribution in [3.63, 3.8) is 0 Å². The third kappa shape index (κ3) is 5.31. The first-order valence-corrected chi connectivity index (χ1v) is 7.34. The fourth-order valence-corrected chi connectivity index (χ4v) is 2.01. The Morgan fingerprint density at radius 1 is 1.23 bits per heavy atom. The molecule has 2 rings (SSSR count). The van der Waals surface area contributed by atoms with Gasteiger partial charge >= 0.3 is 0 Å². The number of aromatic nitrogens is 2. The quantitative estimate of drug-likeness (QED) is 0.675. The van der Waals surface area contributed by atoms with Crippen molar-refractivity contribution in [2.24, 2.45) is 0 Å². The van der Waals surface area contributed by atoms with Crippen molar-refractivity contribution in [2.45, 2.75) is 6.54 Å². The maximum atomic E-state index is 12.0. The van der Waals surface area contributed by atoms with Crippen LogP contribution < -0.4 is 10.6 Å². The molecule has 6 heteroatoms. The summed E-state index contributed by atoms with van der Waals surface area (Å²) in [7, 11) is 1.67. The topological polar surface area (TPSA) is 68.2 Å². The Bertz CT molecular complexity index is 552. The van der Waals surface area contributed by atoms with E-state index < -0.39 is 0 Å². The molecule has 1 aromatic heterocycles. The highest BCUT2D eigenvalue weighted by atomic mass is 16.5. The molecule has 0 fully saturated rings. The molecule has 0 spiro atoms. The van der Waals surface area contributed by atoms with Gasteiger partial charge in [-0.3, -0.25) is 9.48 Å². The molecule has 0 radical (unpaired) electrons. The number of ether oxygens (including phenoxy) is 1. The SMILES string of the molecule is COCCNCCNC(=O)c1ccc(Cn2cccn2)cc1. The molecular formula is C16H22N4O2. The number of rotatable bonds is 9. The van der Waals surface area contributed by atoms with Crippen LogP contribution in [0.4, 0.5) is 0 Å². The van der Waals surface area contributed by atoms with E-state index in [1.54, 1.807) is 13.3 Å². The molecule has 118 valence electrons. The van der Waals surface area contributed by atoms with E-state index in [1.807, 2.05) is 41.2 Å². The van der Waals surface area contributed by atoms with Crippen LogP contribution in [0.15, 0.2) is 42.7 Å². The van der Waals surface area contributed by atoms with Gasteiger partial charge in [0.25, 0.3) is 5.91 Å². The van der Waals surface area contributed by atoms with Crippen LogP contribution in [0, 0.1) is 0 Å². The molecule has 0 atom stereocenters. The van der Waals surface area contributed by atoms with Crippen molar-refractivity contribution in [1.29, 1.82) is 0 Å². The Morgan fingerprint density at radius 2 is 2.05 bits per heavy atom. The number of nitrogens with one attached hydrogen (secondary N) is 2. The lowest BCUT2D eigenvalue weighted by Gasteiger charge is -2.07. The maximum Gasteiger partial charge on any atom is 0.251 e. The van der Waals surface area contributed by atoms with Crippen molar-refractivity contribution in [3.8, 4) is 0 Å². The number of methoxy groups -OCH3 is 1. The molecule has 0 saturated carbocycles. The van der Waals surface area contributed by atoms with Crippen LogP contribution in [-0.2, 0) is 11.3 Å². The Kier molecular flexibility index (Phi) is 6.60. The number of hydrogen-bond acceptors (Lipinski definition) is 4. The molecule has 22 heavy (non-hydrogen) atoms. The summed E-state index contributed by atoms with van der Waals surface area (Å²) in [4.78, 5) is 12.0. The fraction of sp³-hybridized carbons (Fsp3) is 0.375.